The topological polar surface area (TPSA) is 67.6 Å². The Kier molecular flexibility index (Phi) is 6.83. The molecule has 1 saturated heterocycles. The highest BCUT2D eigenvalue weighted by Gasteiger charge is 2.28. The van der Waals surface area contributed by atoms with Crippen LogP contribution in [-0.4, -0.2) is 50.2 Å². The number of likely N-dealkylation sites (tertiary alicyclic amines) is 1. The molecule has 0 bridgehead atoms. The van der Waals surface area contributed by atoms with E-state index in [9.17, 15) is 4.79 Å². The number of piperidine rings is 1. The van der Waals surface area contributed by atoms with Crippen LogP contribution in [0.5, 0.6) is 0 Å². The fourth-order valence-corrected chi connectivity index (χ4v) is 3.14. The van der Waals surface area contributed by atoms with Gasteiger partial charge in [-0.05, 0) is 17.9 Å². The van der Waals surface area contributed by atoms with Gasteiger partial charge in [0, 0.05) is 45.2 Å². The highest BCUT2D eigenvalue weighted by molar-refractivity contribution is 5.69. The summed E-state index contributed by atoms with van der Waals surface area (Å²) in [5, 5.41) is 3.61. The fourth-order valence-electron chi connectivity index (χ4n) is 3.14. The quantitative estimate of drug-likeness (QED) is 0.735. The first-order valence-corrected chi connectivity index (χ1v) is 7.97. The van der Waals surface area contributed by atoms with Crippen molar-refractivity contribution in [1.82, 2.24) is 10.2 Å². The molecule has 0 radical (unpaired) electrons. The summed E-state index contributed by atoms with van der Waals surface area (Å²) in [5.74, 6) is 0.211. The standard InChI is InChI=1S/C17H27N3O2/c1-22-17(21)10-15-9-16(13-20(12-15)8-7-18)19-11-14-5-3-2-4-6-14/h2-6,15-16,19H,7-13,18H2,1H3. The lowest BCUT2D eigenvalue weighted by atomic mass is 9.91. The molecule has 2 atom stereocenters. The van der Waals surface area contributed by atoms with Crippen molar-refractivity contribution < 1.29 is 9.53 Å². The molecule has 1 heterocycles. The van der Waals surface area contributed by atoms with Crippen molar-refractivity contribution in [2.45, 2.75) is 25.4 Å². The Labute approximate surface area is 132 Å². The van der Waals surface area contributed by atoms with Gasteiger partial charge in [-0.2, -0.15) is 0 Å². The van der Waals surface area contributed by atoms with Gasteiger partial charge < -0.3 is 20.7 Å². The molecule has 5 heteroatoms. The maximum Gasteiger partial charge on any atom is 0.305 e. The normalized spacial score (nSPS) is 22.5. The molecule has 22 heavy (non-hydrogen) atoms. The van der Waals surface area contributed by atoms with Crippen LogP contribution in [0.2, 0.25) is 0 Å². The molecule has 1 aromatic carbocycles. The lowest BCUT2D eigenvalue weighted by Gasteiger charge is -2.37. The van der Waals surface area contributed by atoms with Gasteiger partial charge in [0.2, 0.25) is 0 Å². The van der Waals surface area contributed by atoms with Crippen LogP contribution in [0.4, 0.5) is 0 Å². The van der Waals surface area contributed by atoms with Crippen molar-refractivity contribution in [1.29, 1.82) is 0 Å². The second-order valence-electron chi connectivity index (χ2n) is 5.99. The van der Waals surface area contributed by atoms with E-state index in [1.807, 2.05) is 6.07 Å². The summed E-state index contributed by atoms with van der Waals surface area (Å²) >= 11 is 0. The summed E-state index contributed by atoms with van der Waals surface area (Å²) in [6.07, 6.45) is 1.49. The number of methoxy groups -OCH3 is 1. The van der Waals surface area contributed by atoms with Crippen molar-refractivity contribution >= 4 is 5.97 Å². The Morgan fingerprint density at radius 3 is 2.82 bits per heavy atom. The van der Waals surface area contributed by atoms with Gasteiger partial charge in [0.15, 0.2) is 0 Å². The molecular formula is C17H27N3O2. The molecule has 1 aromatic rings. The zero-order valence-electron chi connectivity index (χ0n) is 13.3. The summed E-state index contributed by atoms with van der Waals surface area (Å²) in [5.41, 5.74) is 6.97. The number of carbonyl (C=O) groups excluding carboxylic acids is 1. The number of benzene rings is 1. The number of ether oxygens (including phenoxy) is 1. The average molecular weight is 305 g/mol. The second-order valence-corrected chi connectivity index (χ2v) is 5.99. The van der Waals surface area contributed by atoms with E-state index in [0.29, 0.717) is 24.9 Å². The summed E-state index contributed by atoms with van der Waals surface area (Å²) in [6.45, 7) is 4.29. The largest absolute Gasteiger partial charge is 0.469 e. The number of nitrogens with zero attached hydrogens (tertiary/aromatic N) is 1. The fraction of sp³-hybridized carbons (Fsp3) is 0.588. The van der Waals surface area contributed by atoms with Crippen molar-refractivity contribution in [2.24, 2.45) is 11.7 Å². The minimum Gasteiger partial charge on any atom is -0.469 e. The molecule has 122 valence electrons. The number of rotatable bonds is 7. The number of hydrogen-bond acceptors (Lipinski definition) is 5. The first kappa shape index (κ1) is 16.9. The number of carbonyl (C=O) groups is 1. The smallest absolute Gasteiger partial charge is 0.305 e. The van der Waals surface area contributed by atoms with Crippen LogP contribution < -0.4 is 11.1 Å². The number of esters is 1. The van der Waals surface area contributed by atoms with Gasteiger partial charge in [-0.3, -0.25) is 4.79 Å². The van der Waals surface area contributed by atoms with Gasteiger partial charge in [0.25, 0.3) is 0 Å². The first-order chi connectivity index (χ1) is 10.7. The minimum atomic E-state index is -0.124. The van der Waals surface area contributed by atoms with E-state index in [2.05, 4.69) is 34.5 Å². The van der Waals surface area contributed by atoms with Crippen molar-refractivity contribution in [3.8, 4) is 0 Å². The van der Waals surface area contributed by atoms with Crippen molar-refractivity contribution in [3.05, 3.63) is 35.9 Å². The Bertz CT molecular complexity index is 452. The Balaban J connectivity index is 1.89. The van der Waals surface area contributed by atoms with Crippen LogP contribution in [0.25, 0.3) is 0 Å². The molecular weight excluding hydrogens is 278 g/mol. The van der Waals surface area contributed by atoms with Crippen LogP contribution in [-0.2, 0) is 16.1 Å². The summed E-state index contributed by atoms with van der Waals surface area (Å²) in [4.78, 5) is 13.9. The van der Waals surface area contributed by atoms with E-state index in [4.69, 9.17) is 10.5 Å². The molecule has 1 aliphatic rings. The molecule has 2 unspecified atom stereocenters. The van der Waals surface area contributed by atoms with E-state index < -0.39 is 0 Å². The van der Waals surface area contributed by atoms with E-state index >= 15 is 0 Å². The molecule has 0 amide bonds. The zero-order valence-corrected chi connectivity index (χ0v) is 13.3. The molecule has 2 rings (SSSR count). The maximum atomic E-state index is 11.5. The van der Waals surface area contributed by atoms with Crippen LogP contribution in [0.3, 0.4) is 0 Å². The number of hydrogen-bond donors (Lipinski definition) is 2. The van der Waals surface area contributed by atoms with Crippen LogP contribution in [0.15, 0.2) is 30.3 Å². The van der Waals surface area contributed by atoms with Crippen LogP contribution >= 0.6 is 0 Å². The highest BCUT2D eigenvalue weighted by atomic mass is 16.5. The van der Waals surface area contributed by atoms with Gasteiger partial charge in [-0.1, -0.05) is 30.3 Å². The van der Waals surface area contributed by atoms with E-state index in [-0.39, 0.29) is 5.97 Å². The third-order valence-electron chi connectivity index (χ3n) is 4.18. The van der Waals surface area contributed by atoms with Gasteiger partial charge in [-0.15, -0.1) is 0 Å². The van der Waals surface area contributed by atoms with Crippen molar-refractivity contribution in [2.75, 3.05) is 33.3 Å². The molecule has 0 saturated carbocycles. The van der Waals surface area contributed by atoms with Gasteiger partial charge in [-0.25, -0.2) is 0 Å². The van der Waals surface area contributed by atoms with Crippen LogP contribution in [0, 0.1) is 5.92 Å². The molecule has 0 aliphatic carbocycles. The summed E-state index contributed by atoms with van der Waals surface area (Å²) in [7, 11) is 1.45. The Morgan fingerprint density at radius 2 is 2.14 bits per heavy atom. The maximum absolute atomic E-state index is 11.5. The third kappa shape index (κ3) is 5.40. The van der Waals surface area contributed by atoms with Crippen LogP contribution in [0.1, 0.15) is 18.4 Å². The molecule has 3 N–H and O–H groups in total. The average Bonchev–Trinajstić information content (AvgIpc) is 2.54. The van der Waals surface area contributed by atoms with E-state index in [0.717, 1.165) is 32.6 Å². The lowest BCUT2D eigenvalue weighted by Crippen LogP contribution is -2.50. The van der Waals surface area contributed by atoms with Gasteiger partial charge >= 0.3 is 5.97 Å². The molecule has 5 nitrogen and oxygen atoms in total. The van der Waals surface area contributed by atoms with Gasteiger partial charge in [0.05, 0.1) is 7.11 Å². The monoisotopic (exact) mass is 305 g/mol. The van der Waals surface area contributed by atoms with Gasteiger partial charge in [0.1, 0.15) is 0 Å². The summed E-state index contributed by atoms with van der Waals surface area (Å²) in [6, 6.07) is 10.8. The number of nitrogens with two attached hydrogens (primary N) is 1. The second kappa shape index (κ2) is 8.88. The molecule has 0 aromatic heterocycles. The predicted molar refractivity (Wildman–Crippen MR) is 87.3 cm³/mol. The number of nitrogens with one attached hydrogen (secondary N) is 1. The molecule has 1 fully saturated rings. The lowest BCUT2D eigenvalue weighted by molar-refractivity contribution is -0.142. The highest BCUT2D eigenvalue weighted by Crippen LogP contribution is 2.20. The van der Waals surface area contributed by atoms with E-state index in [1.165, 1.54) is 12.7 Å². The first-order valence-electron chi connectivity index (χ1n) is 7.97. The molecule has 1 aliphatic heterocycles. The summed E-state index contributed by atoms with van der Waals surface area (Å²) < 4.78 is 4.81. The Morgan fingerprint density at radius 1 is 1.36 bits per heavy atom. The predicted octanol–water partition coefficient (Wildman–Crippen LogP) is 0.989. The third-order valence-corrected chi connectivity index (χ3v) is 4.18. The van der Waals surface area contributed by atoms with Crippen molar-refractivity contribution in [3.63, 3.8) is 0 Å². The SMILES string of the molecule is COC(=O)CC1CC(NCc2ccccc2)CN(CCN)C1. The zero-order chi connectivity index (χ0) is 15.8. The molecule has 0 spiro atoms. The Hall–Kier alpha value is -1.43. The van der Waals surface area contributed by atoms with E-state index in [1.54, 1.807) is 0 Å². The minimum absolute atomic E-state index is 0.124.